The van der Waals surface area contributed by atoms with Gasteiger partial charge in [0.2, 0.25) is 0 Å². The third kappa shape index (κ3) is 2.36. The SMILES string of the molecule is CC(C)c1ocnc1COc1cncnc1. The second kappa shape index (κ2) is 4.74. The van der Waals surface area contributed by atoms with Gasteiger partial charge in [0.25, 0.3) is 0 Å². The molecule has 5 nitrogen and oxygen atoms in total. The molecule has 0 N–H and O–H groups in total. The molecule has 2 heterocycles. The highest BCUT2D eigenvalue weighted by molar-refractivity contribution is 5.14. The first-order chi connectivity index (χ1) is 7.77. The van der Waals surface area contributed by atoms with Crippen LogP contribution >= 0.6 is 0 Å². The lowest BCUT2D eigenvalue weighted by molar-refractivity contribution is 0.295. The Labute approximate surface area is 93.5 Å². The van der Waals surface area contributed by atoms with Gasteiger partial charge in [0, 0.05) is 5.92 Å². The van der Waals surface area contributed by atoms with Gasteiger partial charge in [-0.1, -0.05) is 13.8 Å². The molecule has 0 aliphatic carbocycles. The molecule has 0 saturated carbocycles. The molecule has 16 heavy (non-hydrogen) atoms. The summed E-state index contributed by atoms with van der Waals surface area (Å²) < 4.78 is 10.8. The Balaban J connectivity index is 2.02. The van der Waals surface area contributed by atoms with E-state index < -0.39 is 0 Å². The van der Waals surface area contributed by atoms with Crippen molar-refractivity contribution in [2.24, 2.45) is 0 Å². The first kappa shape index (κ1) is 10.6. The van der Waals surface area contributed by atoms with Gasteiger partial charge in [-0.15, -0.1) is 0 Å². The van der Waals surface area contributed by atoms with Crippen LogP contribution in [-0.4, -0.2) is 15.0 Å². The number of oxazole rings is 1. The van der Waals surface area contributed by atoms with E-state index in [1.165, 1.54) is 12.7 Å². The van der Waals surface area contributed by atoms with E-state index in [1.807, 2.05) is 0 Å². The first-order valence-electron chi connectivity index (χ1n) is 5.07. The highest BCUT2D eigenvalue weighted by Gasteiger charge is 2.12. The molecule has 0 saturated heterocycles. The van der Waals surface area contributed by atoms with Crippen molar-refractivity contribution < 1.29 is 9.15 Å². The number of ether oxygens (including phenoxy) is 1. The van der Waals surface area contributed by atoms with Crippen LogP contribution in [-0.2, 0) is 6.61 Å². The smallest absolute Gasteiger partial charge is 0.181 e. The highest BCUT2D eigenvalue weighted by atomic mass is 16.5. The highest BCUT2D eigenvalue weighted by Crippen LogP contribution is 2.19. The lowest BCUT2D eigenvalue weighted by Gasteiger charge is -2.05. The third-order valence-corrected chi connectivity index (χ3v) is 2.11. The molecule has 5 heteroatoms. The average molecular weight is 219 g/mol. The standard InChI is InChI=1S/C11H13N3O2/c1-8(2)11-10(14-7-16-11)5-15-9-3-12-6-13-4-9/h3-4,6-8H,5H2,1-2H3. The maximum Gasteiger partial charge on any atom is 0.181 e. The van der Waals surface area contributed by atoms with E-state index in [0.29, 0.717) is 18.3 Å². The van der Waals surface area contributed by atoms with Crippen molar-refractivity contribution in [2.45, 2.75) is 26.4 Å². The van der Waals surface area contributed by atoms with Gasteiger partial charge in [-0.3, -0.25) is 0 Å². The van der Waals surface area contributed by atoms with Crippen molar-refractivity contribution in [1.29, 1.82) is 0 Å². The average Bonchev–Trinajstić information content (AvgIpc) is 2.76. The fourth-order valence-electron chi connectivity index (χ4n) is 1.37. The van der Waals surface area contributed by atoms with Crippen molar-refractivity contribution in [3.05, 3.63) is 36.6 Å². The van der Waals surface area contributed by atoms with Crippen molar-refractivity contribution in [3.8, 4) is 5.75 Å². The normalized spacial score (nSPS) is 10.7. The molecule has 2 aromatic heterocycles. The number of rotatable bonds is 4. The Bertz CT molecular complexity index is 440. The molecule has 0 unspecified atom stereocenters. The molecule has 0 aromatic carbocycles. The summed E-state index contributed by atoms with van der Waals surface area (Å²) in [6.45, 7) is 4.47. The zero-order valence-electron chi connectivity index (χ0n) is 9.25. The van der Waals surface area contributed by atoms with Crippen molar-refractivity contribution in [1.82, 2.24) is 15.0 Å². The van der Waals surface area contributed by atoms with E-state index in [0.717, 1.165) is 11.5 Å². The summed E-state index contributed by atoms with van der Waals surface area (Å²) >= 11 is 0. The number of aromatic nitrogens is 3. The lowest BCUT2D eigenvalue weighted by atomic mass is 10.1. The Hall–Kier alpha value is -1.91. The van der Waals surface area contributed by atoms with E-state index in [-0.39, 0.29) is 0 Å². The maximum atomic E-state index is 5.49. The molecule has 2 aromatic rings. The van der Waals surface area contributed by atoms with Gasteiger partial charge in [-0.2, -0.15) is 0 Å². The van der Waals surface area contributed by atoms with Crippen molar-refractivity contribution in [2.75, 3.05) is 0 Å². The molecule has 0 aliphatic rings. The summed E-state index contributed by atoms with van der Waals surface area (Å²) in [7, 11) is 0. The third-order valence-electron chi connectivity index (χ3n) is 2.11. The largest absolute Gasteiger partial charge is 0.484 e. The maximum absolute atomic E-state index is 5.49. The molecule has 0 aliphatic heterocycles. The van der Waals surface area contributed by atoms with E-state index in [9.17, 15) is 0 Å². The second-order valence-electron chi connectivity index (χ2n) is 3.68. The second-order valence-corrected chi connectivity index (χ2v) is 3.68. The summed E-state index contributed by atoms with van der Waals surface area (Å²) in [5.41, 5.74) is 0.818. The minimum atomic E-state index is 0.299. The molecule has 84 valence electrons. The summed E-state index contributed by atoms with van der Waals surface area (Å²) in [4.78, 5) is 11.8. The monoisotopic (exact) mass is 219 g/mol. The number of nitrogens with zero attached hydrogens (tertiary/aromatic N) is 3. The van der Waals surface area contributed by atoms with Crippen molar-refractivity contribution >= 4 is 0 Å². The van der Waals surface area contributed by atoms with Crippen LogP contribution in [0.25, 0.3) is 0 Å². The first-order valence-corrected chi connectivity index (χ1v) is 5.07. The minimum Gasteiger partial charge on any atom is -0.484 e. The van der Waals surface area contributed by atoms with Crippen LogP contribution in [0.5, 0.6) is 5.75 Å². The zero-order valence-corrected chi connectivity index (χ0v) is 9.25. The minimum absolute atomic E-state index is 0.299. The summed E-state index contributed by atoms with van der Waals surface area (Å²) in [5, 5.41) is 0. The van der Waals surface area contributed by atoms with Gasteiger partial charge in [0.15, 0.2) is 12.1 Å². The molecule has 0 bridgehead atoms. The van der Waals surface area contributed by atoms with Crippen LogP contribution in [0.1, 0.15) is 31.2 Å². The van der Waals surface area contributed by atoms with E-state index in [4.69, 9.17) is 9.15 Å². The Morgan fingerprint density at radius 3 is 2.75 bits per heavy atom. The molecular weight excluding hydrogens is 206 g/mol. The van der Waals surface area contributed by atoms with Gasteiger partial charge in [0.05, 0.1) is 12.4 Å². The number of hydrogen-bond acceptors (Lipinski definition) is 5. The van der Waals surface area contributed by atoms with Crippen LogP contribution in [0, 0.1) is 0 Å². The van der Waals surface area contributed by atoms with Gasteiger partial charge >= 0.3 is 0 Å². The molecule has 2 rings (SSSR count). The summed E-state index contributed by atoms with van der Waals surface area (Å²) in [6.07, 6.45) is 6.13. The Morgan fingerprint density at radius 1 is 1.31 bits per heavy atom. The fourth-order valence-corrected chi connectivity index (χ4v) is 1.37. The van der Waals surface area contributed by atoms with Gasteiger partial charge in [-0.25, -0.2) is 15.0 Å². The summed E-state index contributed by atoms with van der Waals surface area (Å²) in [5.74, 6) is 1.78. The number of hydrogen-bond donors (Lipinski definition) is 0. The zero-order chi connectivity index (χ0) is 11.4. The van der Waals surface area contributed by atoms with E-state index >= 15 is 0 Å². The topological polar surface area (TPSA) is 61.0 Å². The predicted octanol–water partition coefficient (Wildman–Crippen LogP) is 2.17. The fraction of sp³-hybridized carbons (Fsp3) is 0.364. The Morgan fingerprint density at radius 2 is 2.06 bits per heavy atom. The molecule has 0 fully saturated rings. The quantitative estimate of drug-likeness (QED) is 0.788. The van der Waals surface area contributed by atoms with Crippen LogP contribution in [0.2, 0.25) is 0 Å². The molecular formula is C11H13N3O2. The van der Waals surface area contributed by atoms with Crippen LogP contribution in [0.3, 0.4) is 0 Å². The van der Waals surface area contributed by atoms with Crippen LogP contribution in [0.15, 0.2) is 29.5 Å². The predicted molar refractivity (Wildman–Crippen MR) is 57.0 cm³/mol. The molecule has 0 atom stereocenters. The summed E-state index contributed by atoms with van der Waals surface area (Å²) in [6, 6.07) is 0. The van der Waals surface area contributed by atoms with Crippen LogP contribution in [0.4, 0.5) is 0 Å². The molecule has 0 spiro atoms. The molecule has 0 radical (unpaired) electrons. The van der Waals surface area contributed by atoms with Crippen LogP contribution < -0.4 is 4.74 Å². The Kier molecular flexibility index (Phi) is 3.14. The van der Waals surface area contributed by atoms with Gasteiger partial charge < -0.3 is 9.15 Å². The van der Waals surface area contributed by atoms with Gasteiger partial charge in [-0.05, 0) is 0 Å². The van der Waals surface area contributed by atoms with Gasteiger partial charge in [0.1, 0.15) is 24.4 Å². The van der Waals surface area contributed by atoms with Crippen molar-refractivity contribution in [3.63, 3.8) is 0 Å². The molecule has 0 amide bonds. The lowest BCUT2D eigenvalue weighted by Crippen LogP contribution is -2.00. The van der Waals surface area contributed by atoms with E-state index in [2.05, 4.69) is 28.8 Å². The van der Waals surface area contributed by atoms with E-state index in [1.54, 1.807) is 12.4 Å².